The third kappa shape index (κ3) is 5.81. The maximum Gasteiger partial charge on any atom is 0.161 e. The third-order valence-electron chi connectivity index (χ3n) is 4.62. The van der Waals surface area contributed by atoms with E-state index < -0.39 is 0 Å². The summed E-state index contributed by atoms with van der Waals surface area (Å²) in [6, 6.07) is 20.8. The van der Waals surface area contributed by atoms with E-state index >= 15 is 0 Å². The quantitative estimate of drug-likeness (QED) is 0.335. The average Bonchev–Trinajstić information content (AvgIpc) is 2.81. The van der Waals surface area contributed by atoms with Crippen LogP contribution in [0.15, 0.2) is 71.7 Å². The normalized spacial score (nSPS) is 11.2. The minimum atomic E-state index is 0.417. The summed E-state index contributed by atoms with van der Waals surface area (Å²) in [5.74, 6) is 1.36. The first kappa shape index (κ1) is 22.7. The summed E-state index contributed by atoms with van der Waals surface area (Å²) < 4.78 is 10.7. The van der Waals surface area contributed by atoms with Crippen LogP contribution < -0.4 is 14.8 Å². The van der Waals surface area contributed by atoms with E-state index in [0.717, 1.165) is 27.5 Å². The molecular formula is C24H24ClN3O2S. The Bertz CT molecular complexity index is 1080. The van der Waals surface area contributed by atoms with Gasteiger partial charge in [-0.15, -0.1) is 0 Å². The number of ether oxygens (including phenoxy) is 2. The van der Waals surface area contributed by atoms with Crippen LogP contribution in [0.1, 0.15) is 16.7 Å². The number of anilines is 1. The van der Waals surface area contributed by atoms with E-state index in [4.69, 9.17) is 31.5 Å². The Balaban J connectivity index is 1.81. The molecule has 3 aromatic carbocycles. The number of halogens is 1. The van der Waals surface area contributed by atoms with Gasteiger partial charge in [-0.3, -0.25) is 10.4 Å². The second kappa shape index (κ2) is 10.9. The van der Waals surface area contributed by atoms with Crippen molar-refractivity contribution in [1.29, 1.82) is 5.41 Å². The van der Waals surface area contributed by atoms with Crippen molar-refractivity contribution in [2.24, 2.45) is 4.99 Å². The Morgan fingerprint density at radius 3 is 2.39 bits per heavy atom. The van der Waals surface area contributed by atoms with Crippen LogP contribution in [0.5, 0.6) is 11.5 Å². The first-order valence-corrected chi connectivity index (χ1v) is 11.2. The Morgan fingerprint density at radius 2 is 1.71 bits per heavy atom. The molecule has 5 nitrogen and oxygen atoms in total. The summed E-state index contributed by atoms with van der Waals surface area (Å²) in [5.41, 5.74) is 3.83. The average molecular weight is 454 g/mol. The smallest absolute Gasteiger partial charge is 0.161 e. The number of rotatable bonds is 7. The van der Waals surface area contributed by atoms with Crippen molar-refractivity contribution in [1.82, 2.24) is 0 Å². The second-order valence-corrected chi connectivity index (χ2v) is 7.80. The van der Waals surface area contributed by atoms with Gasteiger partial charge in [0, 0.05) is 21.8 Å². The number of para-hydroxylation sites is 1. The molecule has 0 amide bonds. The van der Waals surface area contributed by atoms with E-state index in [2.05, 4.69) is 5.32 Å². The van der Waals surface area contributed by atoms with Crippen molar-refractivity contribution >= 4 is 39.9 Å². The highest BCUT2D eigenvalue weighted by Gasteiger charge is 2.11. The predicted octanol–water partition coefficient (Wildman–Crippen LogP) is 6.10. The zero-order valence-corrected chi connectivity index (χ0v) is 19.2. The number of hydrogen-bond donors (Lipinski definition) is 2. The van der Waals surface area contributed by atoms with Crippen molar-refractivity contribution in [2.75, 3.05) is 25.8 Å². The molecule has 0 saturated carbocycles. The number of aliphatic imine (C=N–C) groups is 1. The Morgan fingerprint density at radius 1 is 1.00 bits per heavy atom. The number of benzene rings is 3. The molecule has 3 rings (SSSR count). The van der Waals surface area contributed by atoms with Crippen LogP contribution in [0, 0.1) is 5.41 Å². The van der Waals surface area contributed by atoms with E-state index in [1.165, 1.54) is 11.8 Å². The molecular weight excluding hydrogens is 430 g/mol. The summed E-state index contributed by atoms with van der Waals surface area (Å²) >= 11 is 7.50. The summed E-state index contributed by atoms with van der Waals surface area (Å²) in [5, 5.41) is 13.4. The largest absolute Gasteiger partial charge is 0.493 e. The van der Waals surface area contributed by atoms with Crippen molar-refractivity contribution in [3.8, 4) is 11.5 Å². The first-order valence-electron chi connectivity index (χ1n) is 9.56. The zero-order chi connectivity index (χ0) is 22.2. The highest BCUT2D eigenvalue weighted by Crippen LogP contribution is 2.28. The molecule has 0 aliphatic carbocycles. The fraction of sp³-hybridized carbons (Fsp3) is 0.167. The summed E-state index contributed by atoms with van der Waals surface area (Å²) in [6.45, 7) is 0.486. The molecule has 31 heavy (non-hydrogen) atoms. The van der Waals surface area contributed by atoms with Crippen molar-refractivity contribution in [2.45, 2.75) is 6.54 Å². The van der Waals surface area contributed by atoms with Gasteiger partial charge in [0.1, 0.15) is 0 Å². The Kier molecular flexibility index (Phi) is 7.98. The van der Waals surface area contributed by atoms with Crippen LogP contribution in [0.2, 0.25) is 5.02 Å². The molecule has 0 aliphatic heterocycles. The fourth-order valence-corrected chi connectivity index (χ4v) is 3.53. The standard InChI is InChI=1S/C24H24ClN3O2S/c1-29-21-13-8-16(14-22(21)30-2)15-27-24(31-3)28-20-7-5-4-6-19(20)23(26)17-9-11-18(25)12-10-17/h4-14,26H,15H2,1-3H3,(H,27,28). The number of nitrogens with one attached hydrogen (secondary N) is 2. The predicted molar refractivity (Wildman–Crippen MR) is 132 cm³/mol. The lowest BCUT2D eigenvalue weighted by Gasteiger charge is -2.14. The van der Waals surface area contributed by atoms with Gasteiger partial charge in [0.15, 0.2) is 16.7 Å². The Labute approximate surface area is 192 Å². The van der Waals surface area contributed by atoms with Gasteiger partial charge in [0.2, 0.25) is 0 Å². The van der Waals surface area contributed by atoms with Gasteiger partial charge in [-0.1, -0.05) is 59.8 Å². The molecule has 0 heterocycles. The van der Waals surface area contributed by atoms with E-state index in [1.807, 2.05) is 60.9 Å². The highest BCUT2D eigenvalue weighted by molar-refractivity contribution is 8.13. The van der Waals surface area contributed by atoms with Gasteiger partial charge in [-0.2, -0.15) is 0 Å². The van der Waals surface area contributed by atoms with E-state index in [1.54, 1.807) is 26.4 Å². The number of amidine groups is 1. The molecule has 160 valence electrons. The Hall–Kier alpha value is -2.96. The molecule has 0 saturated heterocycles. The van der Waals surface area contributed by atoms with Crippen LogP contribution in [-0.4, -0.2) is 31.4 Å². The van der Waals surface area contributed by atoms with Gasteiger partial charge in [-0.25, -0.2) is 0 Å². The molecule has 0 radical (unpaired) electrons. The monoisotopic (exact) mass is 453 g/mol. The topological polar surface area (TPSA) is 66.7 Å². The molecule has 0 spiro atoms. The molecule has 7 heteroatoms. The molecule has 0 atom stereocenters. The van der Waals surface area contributed by atoms with Crippen LogP contribution in [0.3, 0.4) is 0 Å². The molecule has 2 N–H and O–H groups in total. The number of methoxy groups -OCH3 is 2. The zero-order valence-electron chi connectivity index (χ0n) is 17.6. The van der Waals surface area contributed by atoms with Crippen LogP contribution in [-0.2, 0) is 6.54 Å². The lowest BCUT2D eigenvalue weighted by atomic mass is 10.0. The lowest BCUT2D eigenvalue weighted by Crippen LogP contribution is -2.12. The van der Waals surface area contributed by atoms with E-state index in [-0.39, 0.29) is 0 Å². The summed E-state index contributed by atoms with van der Waals surface area (Å²) in [7, 11) is 3.23. The fourth-order valence-electron chi connectivity index (χ4n) is 2.99. The van der Waals surface area contributed by atoms with Crippen LogP contribution in [0.4, 0.5) is 5.69 Å². The van der Waals surface area contributed by atoms with Gasteiger partial charge >= 0.3 is 0 Å². The molecule has 0 fully saturated rings. The highest BCUT2D eigenvalue weighted by atomic mass is 35.5. The van der Waals surface area contributed by atoms with Gasteiger partial charge in [0.25, 0.3) is 0 Å². The maximum atomic E-state index is 8.65. The molecule has 0 unspecified atom stereocenters. The SMILES string of the molecule is COc1ccc(CN=C(Nc2ccccc2C(=N)c2ccc(Cl)cc2)SC)cc1OC. The van der Waals surface area contributed by atoms with Crippen LogP contribution >= 0.6 is 23.4 Å². The molecule has 0 aromatic heterocycles. The molecule has 0 bridgehead atoms. The van der Waals surface area contributed by atoms with Crippen molar-refractivity contribution in [3.63, 3.8) is 0 Å². The van der Waals surface area contributed by atoms with E-state index in [0.29, 0.717) is 28.8 Å². The molecule has 0 aliphatic rings. The van der Waals surface area contributed by atoms with Gasteiger partial charge in [0.05, 0.1) is 26.5 Å². The van der Waals surface area contributed by atoms with Crippen LogP contribution in [0.25, 0.3) is 0 Å². The number of thioether (sulfide) groups is 1. The molecule has 3 aromatic rings. The van der Waals surface area contributed by atoms with Crippen molar-refractivity contribution in [3.05, 3.63) is 88.4 Å². The minimum Gasteiger partial charge on any atom is -0.493 e. The number of nitrogens with zero attached hydrogens (tertiary/aromatic N) is 1. The van der Waals surface area contributed by atoms with Crippen molar-refractivity contribution < 1.29 is 9.47 Å². The van der Waals surface area contributed by atoms with Gasteiger partial charge < -0.3 is 14.8 Å². The lowest BCUT2D eigenvalue weighted by molar-refractivity contribution is 0.354. The van der Waals surface area contributed by atoms with Gasteiger partial charge in [-0.05, 0) is 42.2 Å². The third-order valence-corrected chi connectivity index (χ3v) is 5.49. The minimum absolute atomic E-state index is 0.417. The summed E-state index contributed by atoms with van der Waals surface area (Å²) in [6.07, 6.45) is 1.97. The maximum absolute atomic E-state index is 8.65. The first-order chi connectivity index (χ1) is 15.0. The second-order valence-electron chi connectivity index (χ2n) is 6.57. The van der Waals surface area contributed by atoms with E-state index in [9.17, 15) is 0 Å². The summed E-state index contributed by atoms with van der Waals surface area (Å²) in [4.78, 5) is 4.71. The number of hydrogen-bond acceptors (Lipinski definition) is 5.